The number of amides is 1. The molecule has 2 N–H and O–H groups in total. The number of carbonyl (C=O) groups excluding carboxylic acids is 1. The van der Waals surface area contributed by atoms with Crippen molar-refractivity contribution in [3.8, 4) is 11.3 Å². The Hall–Kier alpha value is -3.86. The molecule has 158 valence electrons. The molecule has 1 amide bonds. The fourth-order valence-electron chi connectivity index (χ4n) is 2.90. The van der Waals surface area contributed by atoms with Gasteiger partial charge in [-0.3, -0.25) is 19.7 Å². The normalized spacial score (nSPS) is 13.8. The van der Waals surface area contributed by atoms with E-state index in [4.69, 9.17) is 0 Å². The Kier molecular flexibility index (Phi) is 5.58. The van der Waals surface area contributed by atoms with Crippen molar-refractivity contribution in [3.05, 3.63) is 72.7 Å². The number of hydrogen-bond donors (Lipinski definition) is 2. The van der Waals surface area contributed by atoms with E-state index in [1.54, 1.807) is 48.1 Å². The molecule has 0 aliphatic carbocycles. The fraction of sp³-hybridized carbons (Fsp3) is 0.150. The number of carbonyl (C=O) groups is 1. The summed E-state index contributed by atoms with van der Waals surface area (Å²) in [5.41, 5.74) is 4.75. The monoisotopic (exact) mass is 427 g/mol. The number of hydrogen-bond acceptors (Lipinski definition) is 7. The standard InChI is InChI=1S/C20H16F3N7O/c21-20(22,23)17-3-1-13(7-26-17)15-9-28-30(11-15)12-19(31)29-18-4-2-14(8-27-18)16-10-24-5-6-25-16/h1-8,10-11,28H,9,12H2,(H,27,29,31). The van der Waals surface area contributed by atoms with Crippen molar-refractivity contribution in [1.29, 1.82) is 0 Å². The van der Waals surface area contributed by atoms with Crippen LogP contribution < -0.4 is 10.7 Å². The summed E-state index contributed by atoms with van der Waals surface area (Å²) in [6.45, 7) is 0.358. The maximum Gasteiger partial charge on any atom is 0.433 e. The second kappa shape index (κ2) is 8.48. The molecule has 0 saturated carbocycles. The summed E-state index contributed by atoms with van der Waals surface area (Å²) in [6, 6.07) is 5.72. The molecule has 4 rings (SSSR count). The SMILES string of the molecule is O=C(CN1C=C(c2ccc(C(F)(F)F)nc2)CN1)Nc1ccc(-c2cnccn2)cn1. The third-order valence-corrected chi connectivity index (χ3v) is 4.41. The Morgan fingerprint density at radius 3 is 2.48 bits per heavy atom. The van der Waals surface area contributed by atoms with Crippen LogP contribution in [0.2, 0.25) is 0 Å². The third kappa shape index (κ3) is 5.01. The lowest BCUT2D eigenvalue weighted by Crippen LogP contribution is -2.36. The first-order valence-electron chi connectivity index (χ1n) is 9.15. The van der Waals surface area contributed by atoms with Gasteiger partial charge in [-0.15, -0.1) is 0 Å². The summed E-state index contributed by atoms with van der Waals surface area (Å²) in [5.74, 6) is 0.0725. The van der Waals surface area contributed by atoms with Gasteiger partial charge in [0.15, 0.2) is 0 Å². The predicted molar refractivity (Wildman–Crippen MR) is 106 cm³/mol. The summed E-state index contributed by atoms with van der Waals surface area (Å²) in [6.07, 6.45) is 4.71. The molecule has 0 bridgehead atoms. The van der Waals surface area contributed by atoms with Crippen LogP contribution in [0.25, 0.3) is 16.8 Å². The number of rotatable bonds is 5. The lowest BCUT2D eigenvalue weighted by atomic mass is 10.1. The van der Waals surface area contributed by atoms with E-state index in [2.05, 4.69) is 30.7 Å². The molecule has 1 aliphatic rings. The smallest absolute Gasteiger partial charge is 0.309 e. The zero-order chi connectivity index (χ0) is 21.8. The van der Waals surface area contributed by atoms with Gasteiger partial charge in [-0.1, -0.05) is 6.07 Å². The van der Waals surface area contributed by atoms with Gasteiger partial charge in [-0.05, 0) is 29.3 Å². The van der Waals surface area contributed by atoms with E-state index < -0.39 is 11.9 Å². The second-order valence-corrected chi connectivity index (χ2v) is 6.62. The molecule has 0 saturated heterocycles. The molecule has 3 aromatic rings. The van der Waals surface area contributed by atoms with Crippen LogP contribution in [0.1, 0.15) is 11.3 Å². The average Bonchev–Trinajstić information content (AvgIpc) is 3.23. The zero-order valence-corrected chi connectivity index (χ0v) is 16.0. The molecule has 31 heavy (non-hydrogen) atoms. The van der Waals surface area contributed by atoms with Crippen LogP contribution in [0.4, 0.5) is 19.0 Å². The van der Waals surface area contributed by atoms with Crippen molar-refractivity contribution in [3.63, 3.8) is 0 Å². The van der Waals surface area contributed by atoms with Crippen molar-refractivity contribution >= 4 is 17.3 Å². The first-order chi connectivity index (χ1) is 14.9. The van der Waals surface area contributed by atoms with Crippen molar-refractivity contribution in [2.24, 2.45) is 0 Å². The van der Waals surface area contributed by atoms with Gasteiger partial charge < -0.3 is 10.3 Å². The van der Waals surface area contributed by atoms with E-state index in [0.717, 1.165) is 17.2 Å². The minimum Gasteiger partial charge on any atom is -0.309 e. The van der Waals surface area contributed by atoms with Crippen LogP contribution in [0.3, 0.4) is 0 Å². The van der Waals surface area contributed by atoms with Crippen LogP contribution >= 0.6 is 0 Å². The van der Waals surface area contributed by atoms with Gasteiger partial charge in [0.1, 0.15) is 18.1 Å². The van der Waals surface area contributed by atoms with Crippen molar-refractivity contribution in [2.75, 3.05) is 18.4 Å². The number of pyridine rings is 2. The highest BCUT2D eigenvalue weighted by atomic mass is 19.4. The molecule has 0 atom stereocenters. The summed E-state index contributed by atoms with van der Waals surface area (Å²) in [5, 5.41) is 4.24. The summed E-state index contributed by atoms with van der Waals surface area (Å²) in [4.78, 5) is 28.1. The van der Waals surface area contributed by atoms with Gasteiger partial charge in [0.25, 0.3) is 0 Å². The van der Waals surface area contributed by atoms with Gasteiger partial charge in [0, 0.05) is 43.1 Å². The predicted octanol–water partition coefficient (Wildman–Crippen LogP) is 2.75. The Bertz CT molecular complexity index is 1080. The van der Waals surface area contributed by atoms with Gasteiger partial charge in [-0.25, -0.2) is 10.4 Å². The molecular weight excluding hydrogens is 411 g/mol. The van der Waals surface area contributed by atoms with Gasteiger partial charge in [0.2, 0.25) is 5.91 Å². The highest BCUT2D eigenvalue weighted by Crippen LogP contribution is 2.28. The average molecular weight is 427 g/mol. The molecule has 0 unspecified atom stereocenters. The molecule has 0 radical (unpaired) electrons. The molecule has 0 fully saturated rings. The molecule has 3 aromatic heterocycles. The highest BCUT2D eigenvalue weighted by molar-refractivity contribution is 5.91. The Morgan fingerprint density at radius 2 is 1.84 bits per heavy atom. The van der Waals surface area contributed by atoms with Crippen LogP contribution in [0, 0.1) is 0 Å². The van der Waals surface area contributed by atoms with Crippen LogP contribution in [-0.2, 0) is 11.0 Å². The molecule has 4 heterocycles. The fourth-order valence-corrected chi connectivity index (χ4v) is 2.90. The maximum absolute atomic E-state index is 12.6. The largest absolute Gasteiger partial charge is 0.433 e. The van der Waals surface area contributed by atoms with E-state index in [9.17, 15) is 18.0 Å². The van der Waals surface area contributed by atoms with Gasteiger partial charge >= 0.3 is 6.18 Å². The number of nitrogens with zero attached hydrogens (tertiary/aromatic N) is 5. The zero-order valence-electron chi connectivity index (χ0n) is 16.0. The quantitative estimate of drug-likeness (QED) is 0.646. The Morgan fingerprint density at radius 1 is 1.03 bits per heavy atom. The summed E-state index contributed by atoms with van der Waals surface area (Å²) < 4.78 is 37.9. The summed E-state index contributed by atoms with van der Waals surface area (Å²) >= 11 is 0. The van der Waals surface area contributed by atoms with E-state index in [0.29, 0.717) is 23.6 Å². The van der Waals surface area contributed by atoms with Crippen LogP contribution in [0.15, 0.2) is 61.4 Å². The number of hydrazine groups is 1. The van der Waals surface area contributed by atoms with Gasteiger partial charge in [0.05, 0.1) is 11.9 Å². The number of nitrogens with one attached hydrogen (secondary N) is 2. The van der Waals surface area contributed by atoms with E-state index in [1.807, 2.05) is 0 Å². The maximum atomic E-state index is 12.6. The number of anilines is 1. The van der Waals surface area contributed by atoms with Crippen LogP contribution in [0.5, 0.6) is 0 Å². The second-order valence-electron chi connectivity index (χ2n) is 6.62. The number of alkyl halides is 3. The Labute approximate surface area is 174 Å². The Balaban J connectivity index is 1.34. The highest BCUT2D eigenvalue weighted by Gasteiger charge is 2.32. The van der Waals surface area contributed by atoms with Crippen molar-refractivity contribution in [2.45, 2.75) is 6.18 Å². The van der Waals surface area contributed by atoms with Crippen molar-refractivity contribution < 1.29 is 18.0 Å². The van der Waals surface area contributed by atoms with E-state index in [1.165, 1.54) is 12.3 Å². The van der Waals surface area contributed by atoms with E-state index >= 15 is 0 Å². The lowest BCUT2D eigenvalue weighted by Gasteiger charge is -2.15. The molecule has 1 aliphatic heterocycles. The lowest BCUT2D eigenvalue weighted by molar-refractivity contribution is -0.141. The number of halogens is 3. The minimum atomic E-state index is -4.48. The van der Waals surface area contributed by atoms with Crippen molar-refractivity contribution in [1.82, 2.24) is 30.4 Å². The topological polar surface area (TPSA) is 95.9 Å². The first-order valence-corrected chi connectivity index (χ1v) is 9.15. The minimum absolute atomic E-state index is 0.00877. The first kappa shape index (κ1) is 20.4. The molecule has 8 nitrogen and oxygen atoms in total. The number of aromatic nitrogens is 4. The van der Waals surface area contributed by atoms with Crippen LogP contribution in [-0.4, -0.2) is 43.9 Å². The molecule has 11 heteroatoms. The molecule has 0 spiro atoms. The molecular formula is C20H16F3N7O. The van der Waals surface area contributed by atoms with Gasteiger partial charge in [-0.2, -0.15) is 13.2 Å². The molecule has 0 aromatic carbocycles. The van der Waals surface area contributed by atoms with E-state index in [-0.39, 0.29) is 12.5 Å². The third-order valence-electron chi connectivity index (χ3n) is 4.41. The summed E-state index contributed by atoms with van der Waals surface area (Å²) in [7, 11) is 0.